The summed E-state index contributed by atoms with van der Waals surface area (Å²) in [6.45, 7) is 3.72. The molecule has 0 saturated heterocycles. The molecule has 0 aromatic heterocycles. The van der Waals surface area contributed by atoms with Crippen molar-refractivity contribution in [3.8, 4) is 11.8 Å². The summed E-state index contributed by atoms with van der Waals surface area (Å²) in [5, 5.41) is 12.1. The molecule has 2 aromatic carbocycles. The lowest BCUT2D eigenvalue weighted by Crippen LogP contribution is -2.14. The number of aryl methyl sites for hydroxylation is 1. The number of amides is 1. The third-order valence-electron chi connectivity index (χ3n) is 3.56. The number of esters is 1. The van der Waals surface area contributed by atoms with Gasteiger partial charge in [-0.2, -0.15) is 5.26 Å². The molecule has 0 bridgehead atoms. The van der Waals surface area contributed by atoms with Crippen molar-refractivity contribution in [2.24, 2.45) is 0 Å². The molecule has 0 saturated carbocycles. The molecule has 6 nitrogen and oxygen atoms in total. The van der Waals surface area contributed by atoms with Gasteiger partial charge >= 0.3 is 5.97 Å². The van der Waals surface area contributed by atoms with Crippen molar-refractivity contribution in [2.75, 3.05) is 18.5 Å². The van der Waals surface area contributed by atoms with Crippen LogP contribution in [0.5, 0.6) is 5.75 Å². The molecule has 0 spiro atoms. The zero-order chi connectivity index (χ0) is 20.5. The first-order valence-electron chi connectivity index (χ1n) is 8.50. The van der Waals surface area contributed by atoms with Crippen LogP contribution in [-0.4, -0.2) is 25.1 Å². The average Bonchev–Trinajstić information content (AvgIpc) is 2.65. The van der Waals surface area contributed by atoms with Crippen molar-refractivity contribution in [3.63, 3.8) is 0 Å². The molecule has 0 aliphatic carbocycles. The van der Waals surface area contributed by atoms with E-state index in [9.17, 15) is 14.9 Å². The first kappa shape index (κ1) is 21.2. The Hall–Kier alpha value is -3.11. The van der Waals surface area contributed by atoms with Crippen LogP contribution in [0.15, 0.2) is 52.5 Å². The molecule has 0 heterocycles. The van der Waals surface area contributed by atoms with Crippen LogP contribution in [-0.2, 0) is 14.3 Å². The van der Waals surface area contributed by atoms with Crippen molar-refractivity contribution in [1.29, 1.82) is 5.26 Å². The molecule has 0 aliphatic rings. The highest BCUT2D eigenvalue weighted by molar-refractivity contribution is 9.10. The summed E-state index contributed by atoms with van der Waals surface area (Å²) in [5.74, 6) is -0.502. The number of nitriles is 1. The summed E-state index contributed by atoms with van der Waals surface area (Å²) in [6, 6.07) is 14.2. The number of hydrogen-bond acceptors (Lipinski definition) is 5. The minimum Gasteiger partial charge on any atom is -0.481 e. The lowest BCUT2D eigenvalue weighted by Gasteiger charge is -2.09. The van der Waals surface area contributed by atoms with Crippen LogP contribution in [0, 0.1) is 18.3 Å². The van der Waals surface area contributed by atoms with Crippen LogP contribution in [0.4, 0.5) is 5.69 Å². The predicted molar refractivity (Wildman–Crippen MR) is 110 cm³/mol. The highest BCUT2D eigenvalue weighted by Crippen LogP contribution is 2.27. The highest BCUT2D eigenvalue weighted by Gasteiger charge is 2.11. The van der Waals surface area contributed by atoms with E-state index in [0.717, 1.165) is 5.56 Å². The van der Waals surface area contributed by atoms with E-state index >= 15 is 0 Å². The summed E-state index contributed by atoms with van der Waals surface area (Å²) in [7, 11) is 0. The molecule has 144 valence electrons. The van der Waals surface area contributed by atoms with Gasteiger partial charge in [-0.3, -0.25) is 4.79 Å². The molecule has 7 heteroatoms. The van der Waals surface area contributed by atoms with E-state index in [0.29, 0.717) is 21.5 Å². The van der Waals surface area contributed by atoms with Crippen LogP contribution in [0.3, 0.4) is 0 Å². The Balaban J connectivity index is 2.11. The van der Waals surface area contributed by atoms with Crippen LogP contribution < -0.4 is 10.1 Å². The van der Waals surface area contributed by atoms with Gasteiger partial charge in [-0.15, -0.1) is 0 Å². The summed E-state index contributed by atoms with van der Waals surface area (Å²) in [5.41, 5.74) is 2.22. The predicted octanol–water partition coefficient (Wildman–Crippen LogP) is 4.25. The Labute approximate surface area is 171 Å². The Kier molecular flexibility index (Phi) is 7.78. The fraction of sp³-hybridized carbons (Fsp3) is 0.190. The Bertz CT molecular complexity index is 948. The Morgan fingerprint density at radius 1 is 1.25 bits per heavy atom. The fourth-order valence-corrected chi connectivity index (χ4v) is 2.81. The van der Waals surface area contributed by atoms with E-state index in [4.69, 9.17) is 9.47 Å². The SMILES string of the molecule is CCOC(=O)COc1ccc(/C=C(/C#N)C(=O)Nc2cccc(C)c2)cc1Br. The van der Waals surface area contributed by atoms with Crippen molar-refractivity contribution in [2.45, 2.75) is 13.8 Å². The second kappa shape index (κ2) is 10.3. The zero-order valence-corrected chi connectivity index (χ0v) is 17.1. The van der Waals surface area contributed by atoms with Crippen LogP contribution in [0.25, 0.3) is 6.08 Å². The van der Waals surface area contributed by atoms with Gasteiger partial charge in [-0.1, -0.05) is 18.2 Å². The maximum atomic E-state index is 12.4. The lowest BCUT2D eigenvalue weighted by atomic mass is 10.1. The maximum absolute atomic E-state index is 12.4. The number of ether oxygens (including phenoxy) is 2. The molecule has 1 N–H and O–H groups in total. The minimum atomic E-state index is -0.494. The van der Waals surface area contributed by atoms with Gasteiger partial charge < -0.3 is 14.8 Å². The van der Waals surface area contributed by atoms with Crippen molar-refractivity contribution < 1.29 is 19.1 Å². The van der Waals surface area contributed by atoms with Gasteiger partial charge in [0.2, 0.25) is 0 Å². The van der Waals surface area contributed by atoms with Crippen LogP contribution >= 0.6 is 15.9 Å². The van der Waals surface area contributed by atoms with Crippen molar-refractivity contribution in [1.82, 2.24) is 0 Å². The molecule has 1 amide bonds. The average molecular weight is 443 g/mol. The summed E-state index contributed by atoms with van der Waals surface area (Å²) in [4.78, 5) is 23.7. The number of anilines is 1. The third kappa shape index (κ3) is 6.25. The molecule has 0 unspecified atom stereocenters. The number of rotatable bonds is 7. The molecule has 0 atom stereocenters. The first-order chi connectivity index (χ1) is 13.4. The van der Waals surface area contributed by atoms with E-state index in [1.165, 1.54) is 6.08 Å². The van der Waals surface area contributed by atoms with Gasteiger partial charge in [-0.25, -0.2) is 4.79 Å². The van der Waals surface area contributed by atoms with Gasteiger partial charge in [0.05, 0.1) is 11.1 Å². The van der Waals surface area contributed by atoms with Gasteiger partial charge in [-0.05, 0) is 71.2 Å². The maximum Gasteiger partial charge on any atom is 0.344 e. The van der Waals surface area contributed by atoms with E-state index in [1.807, 2.05) is 31.2 Å². The summed E-state index contributed by atoms with van der Waals surface area (Å²) >= 11 is 3.36. The number of halogens is 1. The van der Waals surface area contributed by atoms with Gasteiger partial charge in [0.1, 0.15) is 17.4 Å². The van der Waals surface area contributed by atoms with Crippen molar-refractivity contribution in [3.05, 3.63) is 63.6 Å². The molecule has 0 aliphatic heterocycles. The number of benzene rings is 2. The standard InChI is InChI=1S/C21H19BrN2O4/c1-3-27-20(25)13-28-19-8-7-15(11-18(19)22)10-16(12-23)21(26)24-17-6-4-5-14(2)9-17/h4-11H,3,13H2,1-2H3,(H,24,26)/b16-10-. The molecule has 0 fully saturated rings. The second-order valence-corrected chi connectivity index (χ2v) is 6.63. The number of carbonyl (C=O) groups excluding carboxylic acids is 2. The van der Waals surface area contributed by atoms with Gasteiger partial charge in [0.15, 0.2) is 6.61 Å². The van der Waals surface area contributed by atoms with Crippen molar-refractivity contribution >= 4 is 39.6 Å². The molecular formula is C21H19BrN2O4. The minimum absolute atomic E-state index is 0.0337. The third-order valence-corrected chi connectivity index (χ3v) is 4.18. The summed E-state index contributed by atoms with van der Waals surface area (Å²) in [6.07, 6.45) is 1.48. The molecule has 0 radical (unpaired) electrons. The first-order valence-corrected chi connectivity index (χ1v) is 9.30. The summed E-state index contributed by atoms with van der Waals surface area (Å²) < 4.78 is 10.8. The van der Waals surface area contributed by atoms with Gasteiger partial charge in [0.25, 0.3) is 5.91 Å². The monoisotopic (exact) mass is 442 g/mol. The number of nitrogens with zero attached hydrogens (tertiary/aromatic N) is 1. The Morgan fingerprint density at radius 2 is 2.04 bits per heavy atom. The van der Waals surface area contributed by atoms with E-state index in [2.05, 4.69) is 21.2 Å². The van der Waals surface area contributed by atoms with E-state index in [1.54, 1.807) is 31.2 Å². The molecule has 28 heavy (non-hydrogen) atoms. The van der Waals surface area contributed by atoms with Crippen LogP contribution in [0.2, 0.25) is 0 Å². The van der Waals surface area contributed by atoms with Crippen LogP contribution in [0.1, 0.15) is 18.1 Å². The molecule has 2 aromatic rings. The lowest BCUT2D eigenvalue weighted by molar-refractivity contribution is -0.145. The normalized spacial score (nSPS) is 10.7. The number of carbonyl (C=O) groups is 2. The number of nitrogens with one attached hydrogen (secondary N) is 1. The smallest absolute Gasteiger partial charge is 0.344 e. The van der Waals surface area contributed by atoms with Gasteiger partial charge in [0, 0.05) is 5.69 Å². The highest BCUT2D eigenvalue weighted by atomic mass is 79.9. The molecular weight excluding hydrogens is 424 g/mol. The fourth-order valence-electron chi connectivity index (χ4n) is 2.30. The Morgan fingerprint density at radius 3 is 2.68 bits per heavy atom. The molecule has 2 rings (SSSR count). The van der Waals surface area contributed by atoms with E-state index < -0.39 is 11.9 Å². The second-order valence-electron chi connectivity index (χ2n) is 5.78. The number of hydrogen-bond donors (Lipinski definition) is 1. The topological polar surface area (TPSA) is 88.4 Å². The zero-order valence-electron chi connectivity index (χ0n) is 15.5. The van der Waals surface area contributed by atoms with E-state index in [-0.39, 0.29) is 18.8 Å². The largest absolute Gasteiger partial charge is 0.481 e. The quantitative estimate of drug-likeness (QED) is 0.393.